The number of hydrogen-bond donors (Lipinski definition) is 1. The van der Waals surface area contributed by atoms with Gasteiger partial charge in [0.2, 0.25) is 5.91 Å². The second kappa shape index (κ2) is 13.5. The van der Waals surface area contributed by atoms with Gasteiger partial charge in [-0.3, -0.25) is 9.59 Å². The van der Waals surface area contributed by atoms with Crippen LogP contribution in [0.3, 0.4) is 0 Å². The van der Waals surface area contributed by atoms with Gasteiger partial charge in [-0.1, -0.05) is 107 Å². The van der Waals surface area contributed by atoms with Crippen molar-refractivity contribution in [3.05, 3.63) is 102 Å². The molecule has 5 heteroatoms. The zero-order valence-corrected chi connectivity index (χ0v) is 21.8. The van der Waals surface area contributed by atoms with E-state index in [1.54, 1.807) is 4.90 Å². The Labute approximate surface area is 215 Å². The monoisotopic (exact) mass is 486 g/mol. The number of rotatable bonds is 12. The number of nitrogens with zero attached hydrogens (tertiary/aromatic N) is 1. The van der Waals surface area contributed by atoms with E-state index in [1.807, 2.05) is 84.9 Å². The fourth-order valence-corrected chi connectivity index (χ4v) is 4.07. The Balaban J connectivity index is 1.89. The molecular weight excluding hydrogens is 448 g/mol. The number of ether oxygens (including phenoxy) is 1. The first-order valence-electron chi connectivity index (χ1n) is 12.7. The molecule has 2 amide bonds. The van der Waals surface area contributed by atoms with Crippen molar-refractivity contribution in [2.24, 2.45) is 5.92 Å². The molecule has 0 heterocycles. The van der Waals surface area contributed by atoms with E-state index in [2.05, 4.69) is 33.0 Å². The van der Waals surface area contributed by atoms with Crippen LogP contribution in [0.4, 0.5) is 0 Å². The third-order valence-corrected chi connectivity index (χ3v) is 6.04. The second-order valence-corrected chi connectivity index (χ2v) is 9.83. The van der Waals surface area contributed by atoms with E-state index in [4.69, 9.17) is 4.74 Å². The predicted molar refractivity (Wildman–Crippen MR) is 145 cm³/mol. The minimum atomic E-state index is -0.664. The lowest BCUT2D eigenvalue weighted by Gasteiger charge is -2.32. The van der Waals surface area contributed by atoms with E-state index in [0.29, 0.717) is 31.2 Å². The SMILES string of the molecule is CC(C)CNC(=O)C(Cc1ccccc1)N(Cc1ccccc1)C(=O)COc1ccccc1C(C)C. The van der Waals surface area contributed by atoms with E-state index in [1.165, 1.54) is 0 Å². The van der Waals surface area contributed by atoms with Gasteiger partial charge >= 0.3 is 0 Å². The molecule has 0 saturated carbocycles. The first-order chi connectivity index (χ1) is 17.3. The fraction of sp³-hybridized carbons (Fsp3) is 0.355. The molecule has 0 bridgehead atoms. The average molecular weight is 487 g/mol. The van der Waals surface area contributed by atoms with E-state index >= 15 is 0 Å². The lowest BCUT2D eigenvalue weighted by atomic mass is 10.0. The maximum Gasteiger partial charge on any atom is 0.261 e. The lowest BCUT2D eigenvalue weighted by molar-refractivity contribution is -0.142. The molecule has 3 rings (SSSR count). The van der Waals surface area contributed by atoms with Gasteiger partial charge in [-0.05, 0) is 34.6 Å². The highest BCUT2D eigenvalue weighted by Gasteiger charge is 2.30. The van der Waals surface area contributed by atoms with Crippen molar-refractivity contribution in [3.8, 4) is 5.75 Å². The number of carbonyl (C=O) groups excluding carboxylic acids is 2. The molecule has 0 saturated heterocycles. The topological polar surface area (TPSA) is 58.6 Å². The van der Waals surface area contributed by atoms with Gasteiger partial charge < -0.3 is 15.0 Å². The molecule has 36 heavy (non-hydrogen) atoms. The van der Waals surface area contributed by atoms with E-state index in [9.17, 15) is 9.59 Å². The summed E-state index contributed by atoms with van der Waals surface area (Å²) >= 11 is 0. The Morgan fingerprint density at radius 3 is 2.00 bits per heavy atom. The Morgan fingerprint density at radius 1 is 0.806 bits per heavy atom. The molecule has 0 radical (unpaired) electrons. The smallest absolute Gasteiger partial charge is 0.261 e. The highest BCUT2D eigenvalue weighted by molar-refractivity contribution is 5.88. The summed E-state index contributed by atoms with van der Waals surface area (Å²) < 4.78 is 6.03. The van der Waals surface area contributed by atoms with Crippen LogP contribution in [0.15, 0.2) is 84.9 Å². The van der Waals surface area contributed by atoms with Crippen molar-refractivity contribution in [1.29, 1.82) is 0 Å². The van der Waals surface area contributed by atoms with Crippen molar-refractivity contribution < 1.29 is 14.3 Å². The van der Waals surface area contributed by atoms with Crippen LogP contribution in [0.2, 0.25) is 0 Å². The molecule has 3 aromatic carbocycles. The molecule has 1 unspecified atom stereocenters. The Hall–Kier alpha value is -3.60. The average Bonchev–Trinajstić information content (AvgIpc) is 2.89. The van der Waals surface area contributed by atoms with Crippen LogP contribution in [-0.4, -0.2) is 35.9 Å². The fourth-order valence-electron chi connectivity index (χ4n) is 4.07. The van der Waals surface area contributed by atoms with Gasteiger partial charge in [0.25, 0.3) is 5.91 Å². The summed E-state index contributed by atoms with van der Waals surface area (Å²) in [5.41, 5.74) is 3.01. The first kappa shape index (κ1) is 27.0. The van der Waals surface area contributed by atoms with E-state index < -0.39 is 6.04 Å². The largest absolute Gasteiger partial charge is 0.483 e. The summed E-state index contributed by atoms with van der Waals surface area (Å²) in [5.74, 6) is 0.895. The third kappa shape index (κ3) is 7.98. The van der Waals surface area contributed by atoms with Crippen LogP contribution in [-0.2, 0) is 22.6 Å². The van der Waals surface area contributed by atoms with Gasteiger partial charge in [-0.25, -0.2) is 0 Å². The van der Waals surface area contributed by atoms with Crippen LogP contribution in [0.1, 0.15) is 50.3 Å². The Kier molecular flexibility index (Phi) is 10.1. The van der Waals surface area contributed by atoms with Crippen LogP contribution >= 0.6 is 0 Å². The number of benzene rings is 3. The van der Waals surface area contributed by atoms with Gasteiger partial charge in [0, 0.05) is 19.5 Å². The van der Waals surface area contributed by atoms with Gasteiger partial charge in [0.05, 0.1) is 0 Å². The first-order valence-corrected chi connectivity index (χ1v) is 12.7. The van der Waals surface area contributed by atoms with Gasteiger partial charge in [-0.2, -0.15) is 0 Å². The molecule has 5 nitrogen and oxygen atoms in total. The summed E-state index contributed by atoms with van der Waals surface area (Å²) in [5, 5.41) is 3.05. The van der Waals surface area contributed by atoms with E-state index in [-0.39, 0.29) is 24.3 Å². The number of amides is 2. The third-order valence-electron chi connectivity index (χ3n) is 6.04. The molecule has 1 atom stereocenters. The van der Waals surface area contributed by atoms with Crippen molar-refractivity contribution in [2.45, 2.75) is 52.6 Å². The summed E-state index contributed by atoms with van der Waals surface area (Å²) in [7, 11) is 0. The van der Waals surface area contributed by atoms with Crippen molar-refractivity contribution in [2.75, 3.05) is 13.2 Å². The molecule has 1 N–H and O–H groups in total. The van der Waals surface area contributed by atoms with E-state index in [0.717, 1.165) is 16.7 Å². The highest BCUT2D eigenvalue weighted by atomic mass is 16.5. The number of nitrogens with one attached hydrogen (secondary N) is 1. The maximum absolute atomic E-state index is 13.7. The van der Waals surface area contributed by atoms with Crippen molar-refractivity contribution in [1.82, 2.24) is 10.2 Å². The van der Waals surface area contributed by atoms with Gasteiger partial charge in [-0.15, -0.1) is 0 Å². The second-order valence-electron chi connectivity index (χ2n) is 9.83. The van der Waals surface area contributed by atoms with Crippen LogP contribution in [0.5, 0.6) is 5.75 Å². The summed E-state index contributed by atoms with van der Waals surface area (Å²) in [6.07, 6.45) is 0.423. The zero-order valence-electron chi connectivity index (χ0n) is 21.8. The summed E-state index contributed by atoms with van der Waals surface area (Å²) in [4.78, 5) is 28.8. The Bertz CT molecular complexity index is 1100. The molecule has 0 aliphatic carbocycles. The van der Waals surface area contributed by atoms with Crippen molar-refractivity contribution >= 4 is 11.8 Å². The highest BCUT2D eigenvalue weighted by Crippen LogP contribution is 2.26. The van der Waals surface area contributed by atoms with Gasteiger partial charge in [0.1, 0.15) is 11.8 Å². The summed E-state index contributed by atoms with van der Waals surface area (Å²) in [6, 6.07) is 26.7. The minimum absolute atomic E-state index is 0.140. The molecule has 190 valence electrons. The van der Waals surface area contributed by atoms with Gasteiger partial charge in [0.15, 0.2) is 6.61 Å². The quantitative estimate of drug-likeness (QED) is 0.362. The molecule has 0 aliphatic rings. The molecule has 0 fully saturated rings. The number of para-hydroxylation sites is 1. The summed E-state index contributed by atoms with van der Waals surface area (Å²) in [6.45, 7) is 9.04. The van der Waals surface area contributed by atoms with Crippen LogP contribution < -0.4 is 10.1 Å². The minimum Gasteiger partial charge on any atom is -0.483 e. The molecule has 0 aromatic heterocycles. The normalized spacial score (nSPS) is 11.8. The standard InChI is InChI=1S/C31H38N2O3/c1-23(2)20-32-31(35)28(19-25-13-7-5-8-14-25)33(21-26-15-9-6-10-16-26)30(34)22-36-29-18-12-11-17-27(29)24(3)4/h5-18,23-24,28H,19-22H2,1-4H3,(H,32,35). The molecule has 0 aliphatic heterocycles. The van der Waals surface area contributed by atoms with Crippen molar-refractivity contribution in [3.63, 3.8) is 0 Å². The van der Waals surface area contributed by atoms with Crippen LogP contribution in [0, 0.1) is 5.92 Å². The lowest BCUT2D eigenvalue weighted by Crippen LogP contribution is -2.52. The maximum atomic E-state index is 13.7. The Morgan fingerprint density at radius 2 is 1.39 bits per heavy atom. The molecule has 0 spiro atoms. The molecular formula is C31H38N2O3. The molecule has 3 aromatic rings. The number of carbonyl (C=O) groups is 2. The predicted octanol–water partition coefficient (Wildman–Crippen LogP) is 5.60. The number of hydrogen-bond acceptors (Lipinski definition) is 3. The zero-order chi connectivity index (χ0) is 25.9. The van der Waals surface area contributed by atoms with Crippen LogP contribution in [0.25, 0.3) is 0 Å².